The highest BCUT2D eigenvalue weighted by molar-refractivity contribution is 5.25. The molecule has 1 unspecified atom stereocenters. The highest BCUT2D eigenvalue weighted by Crippen LogP contribution is 2.29. The van der Waals surface area contributed by atoms with Crippen LogP contribution < -0.4 is 0 Å². The predicted octanol–water partition coefficient (Wildman–Crippen LogP) is 3.03. The molecule has 7 heteroatoms. The van der Waals surface area contributed by atoms with Crippen LogP contribution in [0.15, 0.2) is 24.3 Å². The second-order valence-corrected chi connectivity index (χ2v) is 5.39. The van der Waals surface area contributed by atoms with E-state index in [-0.39, 0.29) is 13.0 Å². The first-order valence-corrected chi connectivity index (χ1v) is 7.60. The maximum atomic E-state index is 12.5. The summed E-state index contributed by atoms with van der Waals surface area (Å²) in [5.74, 6) is 1.52. The maximum absolute atomic E-state index is 12.5. The quantitative estimate of drug-likeness (QED) is 0.887. The lowest BCUT2D eigenvalue weighted by atomic mass is 10.1. The van der Waals surface area contributed by atoms with Crippen molar-refractivity contribution >= 4 is 0 Å². The molecule has 0 bridgehead atoms. The number of aryl methyl sites for hydroxylation is 2. The van der Waals surface area contributed by atoms with Crippen LogP contribution in [0.4, 0.5) is 13.2 Å². The Hall–Kier alpha value is -1.89. The zero-order valence-corrected chi connectivity index (χ0v) is 13.1. The number of alkyl halides is 3. The van der Waals surface area contributed by atoms with Crippen molar-refractivity contribution in [2.45, 2.75) is 51.9 Å². The molecule has 126 valence electrons. The minimum Gasteiger partial charge on any atom is -0.391 e. The molecule has 0 aliphatic rings. The van der Waals surface area contributed by atoms with Crippen LogP contribution in [0.25, 0.3) is 0 Å². The SMILES string of the molecule is CCc1nc(CC)n(CC(O)Cc2ccc(C(F)(F)F)cc2)n1. The lowest BCUT2D eigenvalue weighted by Crippen LogP contribution is -2.21. The number of hydrogen-bond donors (Lipinski definition) is 1. The standard InChI is InChI=1S/C16H20F3N3O/c1-3-14-20-15(4-2)22(21-14)10-13(23)9-11-5-7-12(8-6-11)16(17,18)19/h5-8,13,23H,3-4,9-10H2,1-2H3. The average Bonchev–Trinajstić information content (AvgIpc) is 2.88. The van der Waals surface area contributed by atoms with E-state index in [1.54, 1.807) is 4.68 Å². The van der Waals surface area contributed by atoms with E-state index in [9.17, 15) is 18.3 Å². The summed E-state index contributed by atoms with van der Waals surface area (Å²) in [6.45, 7) is 4.19. The van der Waals surface area contributed by atoms with Crippen molar-refractivity contribution in [1.82, 2.24) is 14.8 Å². The van der Waals surface area contributed by atoms with E-state index in [1.807, 2.05) is 13.8 Å². The van der Waals surface area contributed by atoms with Gasteiger partial charge in [-0.2, -0.15) is 18.3 Å². The zero-order valence-electron chi connectivity index (χ0n) is 13.1. The monoisotopic (exact) mass is 327 g/mol. The number of nitrogens with zero attached hydrogens (tertiary/aromatic N) is 3. The minimum atomic E-state index is -4.34. The molecular formula is C16H20F3N3O. The molecule has 4 nitrogen and oxygen atoms in total. The molecule has 0 saturated heterocycles. The van der Waals surface area contributed by atoms with Gasteiger partial charge in [0.05, 0.1) is 18.2 Å². The molecule has 0 fully saturated rings. The zero-order chi connectivity index (χ0) is 17.0. The number of aliphatic hydroxyl groups excluding tert-OH is 1. The third-order valence-corrected chi connectivity index (χ3v) is 3.56. The maximum Gasteiger partial charge on any atom is 0.416 e. The van der Waals surface area contributed by atoms with Crippen molar-refractivity contribution in [2.24, 2.45) is 0 Å². The number of hydrogen-bond acceptors (Lipinski definition) is 3. The third-order valence-electron chi connectivity index (χ3n) is 3.56. The second-order valence-electron chi connectivity index (χ2n) is 5.39. The minimum absolute atomic E-state index is 0.266. The molecule has 2 aromatic rings. The predicted molar refractivity (Wildman–Crippen MR) is 79.9 cm³/mol. The summed E-state index contributed by atoms with van der Waals surface area (Å²) in [7, 11) is 0. The summed E-state index contributed by atoms with van der Waals surface area (Å²) in [4.78, 5) is 4.36. The van der Waals surface area contributed by atoms with Gasteiger partial charge >= 0.3 is 6.18 Å². The molecule has 1 heterocycles. The Kier molecular flexibility index (Phi) is 5.41. The van der Waals surface area contributed by atoms with Gasteiger partial charge in [-0.25, -0.2) is 9.67 Å². The molecular weight excluding hydrogens is 307 g/mol. The molecule has 0 radical (unpaired) electrons. The van der Waals surface area contributed by atoms with Crippen LogP contribution in [0.1, 0.15) is 36.6 Å². The molecule has 23 heavy (non-hydrogen) atoms. The van der Waals surface area contributed by atoms with Gasteiger partial charge in [-0.15, -0.1) is 0 Å². The summed E-state index contributed by atoms with van der Waals surface area (Å²) < 4.78 is 39.2. The Morgan fingerprint density at radius 1 is 1.13 bits per heavy atom. The highest BCUT2D eigenvalue weighted by atomic mass is 19.4. The molecule has 0 amide bonds. The van der Waals surface area contributed by atoms with Crippen molar-refractivity contribution in [1.29, 1.82) is 0 Å². The largest absolute Gasteiger partial charge is 0.416 e. The fourth-order valence-corrected chi connectivity index (χ4v) is 2.35. The van der Waals surface area contributed by atoms with Crippen LogP contribution in [0.3, 0.4) is 0 Å². The molecule has 0 saturated carbocycles. The summed E-state index contributed by atoms with van der Waals surface area (Å²) >= 11 is 0. The molecule has 1 atom stereocenters. The van der Waals surface area contributed by atoms with Crippen molar-refractivity contribution in [3.05, 3.63) is 47.0 Å². The smallest absolute Gasteiger partial charge is 0.391 e. The Labute approximate surface area is 133 Å². The van der Waals surface area contributed by atoms with E-state index in [0.29, 0.717) is 12.0 Å². The Morgan fingerprint density at radius 2 is 1.78 bits per heavy atom. The van der Waals surface area contributed by atoms with Crippen LogP contribution in [-0.2, 0) is 32.0 Å². The van der Waals surface area contributed by atoms with Gasteiger partial charge in [-0.3, -0.25) is 0 Å². The molecule has 1 aromatic heterocycles. The molecule has 1 aromatic carbocycles. The fourth-order valence-electron chi connectivity index (χ4n) is 2.35. The van der Waals surface area contributed by atoms with Gasteiger partial charge in [0.15, 0.2) is 5.82 Å². The van der Waals surface area contributed by atoms with Gasteiger partial charge in [-0.1, -0.05) is 26.0 Å². The number of aliphatic hydroxyl groups is 1. The summed E-state index contributed by atoms with van der Waals surface area (Å²) in [5, 5.41) is 14.5. The van der Waals surface area contributed by atoms with E-state index in [0.717, 1.165) is 30.2 Å². The van der Waals surface area contributed by atoms with Crippen LogP contribution >= 0.6 is 0 Å². The van der Waals surface area contributed by atoms with Gasteiger partial charge in [0, 0.05) is 19.3 Å². The van der Waals surface area contributed by atoms with Crippen LogP contribution in [0.5, 0.6) is 0 Å². The van der Waals surface area contributed by atoms with E-state index < -0.39 is 17.8 Å². The number of aromatic nitrogens is 3. The van der Waals surface area contributed by atoms with Gasteiger partial charge < -0.3 is 5.11 Å². The summed E-state index contributed by atoms with van der Waals surface area (Å²) in [6.07, 6.45) is -3.38. The first-order valence-electron chi connectivity index (χ1n) is 7.60. The third kappa shape index (κ3) is 4.54. The molecule has 2 rings (SSSR count). The number of halogens is 3. The normalized spacial score (nSPS) is 13.3. The summed E-state index contributed by atoms with van der Waals surface area (Å²) in [5.41, 5.74) is -0.0350. The van der Waals surface area contributed by atoms with E-state index in [2.05, 4.69) is 10.1 Å². The van der Waals surface area contributed by atoms with Gasteiger partial charge in [0.25, 0.3) is 0 Å². The van der Waals surface area contributed by atoms with Crippen LogP contribution in [-0.4, -0.2) is 26.0 Å². The van der Waals surface area contributed by atoms with E-state index in [1.165, 1.54) is 12.1 Å². The van der Waals surface area contributed by atoms with Crippen molar-refractivity contribution in [2.75, 3.05) is 0 Å². The second kappa shape index (κ2) is 7.12. The number of rotatable bonds is 6. The molecule has 0 aliphatic carbocycles. The first kappa shape index (κ1) is 17.5. The Balaban J connectivity index is 2.02. The van der Waals surface area contributed by atoms with E-state index >= 15 is 0 Å². The van der Waals surface area contributed by atoms with Gasteiger partial charge in [0.2, 0.25) is 0 Å². The highest BCUT2D eigenvalue weighted by Gasteiger charge is 2.30. The van der Waals surface area contributed by atoms with Crippen molar-refractivity contribution in [3.8, 4) is 0 Å². The van der Waals surface area contributed by atoms with Gasteiger partial charge in [-0.05, 0) is 17.7 Å². The Morgan fingerprint density at radius 3 is 2.30 bits per heavy atom. The first-order chi connectivity index (χ1) is 10.8. The topological polar surface area (TPSA) is 50.9 Å². The fraction of sp³-hybridized carbons (Fsp3) is 0.500. The molecule has 1 N–H and O–H groups in total. The van der Waals surface area contributed by atoms with Crippen LogP contribution in [0.2, 0.25) is 0 Å². The molecule has 0 spiro atoms. The number of benzene rings is 1. The van der Waals surface area contributed by atoms with Crippen LogP contribution in [0, 0.1) is 0 Å². The Bertz CT molecular complexity index is 635. The molecule has 0 aliphatic heterocycles. The lowest BCUT2D eigenvalue weighted by Gasteiger charge is -2.13. The van der Waals surface area contributed by atoms with Crippen molar-refractivity contribution in [3.63, 3.8) is 0 Å². The summed E-state index contributed by atoms with van der Waals surface area (Å²) in [6, 6.07) is 4.85. The van der Waals surface area contributed by atoms with E-state index in [4.69, 9.17) is 0 Å². The lowest BCUT2D eigenvalue weighted by molar-refractivity contribution is -0.137. The van der Waals surface area contributed by atoms with Gasteiger partial charge in [0.1, 0.15) is 5.82 Å². The van der Waals surface area contributed by atoms with Crippen molar-refractivity contribution < 1.29 is 18.3 Å². The average molecular weight is 327 g/mol.